The summed E-state index contributed by atoms with van der Waals surface area (Å²) in [6, 6.07) is 13.2. The molecule has 9 heteroatoms. The summed E-state index contributed by atoms with van der Waals surface area (Å²) in [5.41, 5.74) is 1.19. The Bertz CT molecular complexity index is 1050. The zero-order valence-corrected chi connectivity index (χ0v) is 16.5. The van der Waals surface area contributed by atoms with Gasteiger partial charge in [-0.3, -0.25) is 4.72 Å². The minimum atomic E-state index is -3.69. The Morgan fingerprint density at radius 3 is 2.63 bits per heavy atom. The van der Waals surface area contributed by atoms with E-state index in [2.05, 4.69) is 20.3 Å². The fourth-order valence-corrected chi connectivity index (χ4v) is 4.42. The van der Waals surface area contributed by atoms with E-state index in [9.17, 15) is 13.2 Å². The maximum absolute atomic E-state index is 12.4. The molecule has 0 spiro atoms. The molecular weight excluding hydrogens is 384 g/mol. The molecule has 1 heterocycles. The SMILES string of the molecule is CC[C@@H](C)NC(=O)Nc1ccc2sc(NS(=O)(=O)c3ccccc3)nc2c1. The van der Waals surface area contributed by atoms with E-state index in [0.717, 1.165) is 11.1 Å². The van der Waals surface area contributed by atoms with Gasteiger partial charge in [0.2, 0.25) is 0 Å². The van der Waals surface area contributed by atoms with Gasteiger partial charge in [-0.2, -0.15) is 0 Å². The number of hydrogen-bond donors (Lipinski definition) is 3. The maximum Gasteiger partial charge on any atom is 0.319 e. The van der Waals surface area contributed by atoms with Crippen LogP contribution in [0.25, 0.3) is 10.2 Å². The molecule has 1 aromatic heterocycles. The van der Waals surface area contributed by atoms with E-state index in [1.165, 1.54) is 23.5 Å². The molecule has 27 heavy (non-hydrogen) atoms. The number of urea groups is 1. The van der Waals surface area contributed by atoms with Crippen molar-refractivity contribution in [2.24, 2.45) is 0 Å². The monoisotopic (exact) mass is 404 g/mol. The number of amides is 2. The number of carbonyl (C=O) groups excluding carboxylic acids is 1. The lowest BCUT2D eigenvalue weighted by Gasteiger charge is -2.12. The Hall–Kier alpha value is -2.65. The molecule has 0 bridgehead atoms. The molecule has 142 valence electrons. The molecule has 0 aliphatic carbocycles. The molecule has 0 saturated carbocycles. The Morgan fingerprint density at radius 1 is 1.19 bits per heavy atom. The van der Waals surface area contributed by atoms with Crippen LogP contribution < -0.4 is 15.4 Å². The highest BCUT2D eigenvalue weighted by Crippen LogP contribution is 2.29. The predicted molar refractivity (Wildman–Crippen MR) is 109 cm³/mol. The molecule has 2 aromatic carbocycles. The van der Waals surface area contributed by atoms with Crippen molar-refractivity contribution in [3.8, 4) is 0 Å². The van der Waals surface area contributed by atoms with Crippen molar-refractivity contribution < 1.29 is 13.2 Å². The summed E-state index contributed by atoms with van der Waals surface area (Å²) in [5, 5.41) is 5.85. The van der Waals surface area contributed by atoms with Gasteiger partial charge in [0.05, 0.1) is 15.1 Å². The van der Waals surface area contributed by atoms with Gasteiger partial charge in [-0.1, -0.05) is 36.5 Å². The van der Waals surface area contributed by atoms with Crippen LogP contribution in [0.2, 0.25) is 0 Å². The van der Waals surface area contributed by atoms with Crippen molar-refractivity contribution in [1.29, 1.82) is 0 Å². The summed E-state index contributed by atoms with van der Waals surface area (Å²) in [4.78, 5) is 16.4. The number of rotatable bonds is 6. The first-order valence-electron chi connectivity index (χ1n) is 8.43. The Balaban J connectivity index is 1.77. The van der Waals surface area contributed by atoms with Crippen molar-refractivity contribution in [2.45, 2.75) is 31.2 Å². The maximum atomic E-state index is 12.4. The lowest BCUT2D eigenvalue weighted by atomic mass is 10.2. The zero-order valence-electron chi connectivity index (χ0n) is 14.9. The minimum Gasteiger partial charge on any atom is -0.335 e. The topological polar surface area (TPSA) is 100 Å². The van der Waals surface area contributed by atoms with Gasteiger partial charge in [0, 0.05) is 11.7 Å². The van der Waals surface area contributed by atoms with E-state index in [0.29, 0.717) is 11.2 Å². The number of fused-ring (bicyclic) bond motifs is 1. The molecule has 2 amide bonds. The van der Waals surface area contributed by atoms with Crippen molar-refractivity contribution in [3.63, 3.8) is 0 Å². The van der Waals surface area contributed by atoms with Crippen molar-refractivity contribution in [3.05, 3.63) is 48.5 Å². The van der Waals surface area contributed by atoms with Gasteiger partial charge < -0.3 is 10.6 Å². The van der Waals surface area contributed by atoms with E-state index in [4.69, 9.17) is 0 Å². The second kappa shape index (κ2) is 7.93. The van der Waals surface area contributed by atoms with E-state index >= 15 is 0 Å². The molecule has 3 N–H and O–H groups in total. The van der Waals surface area contributed by atoms with Crippen LogP contribution in [0.15, 0.2) is 53.4 Å². The first-order chi connectivity index (χ1) is 12.9. The number of hydrogen-bond acceptors (Lipinski definition) is 5. The standard InChI is InChI=1S/C18H20N4O3S2/c1-3-12(2)19-17(23)20-13-9-10-16-15(11-13)21-18(26-16)22-27(24,25)14-7-5-4-6-8-14/h4-12H,3H2,1-2H3,(H,21,22)(H2,19,20,23)/t12-/m1/s1. The lowest BCUT2D eigenvalue weighted by molar-refractivity contribution is 0.249. The molecular formula is C18H20N4O3S2. The molecule has 0 aliphatic heterocycles. The summed E-state index contributed by atoms with van der Waals surface area (Å²) >= 11 is 1.23. The largest absolute Gasteiger partial charge is 0.335 e. The van der Waals surface area contributed by atoms with Crippen LogP contribution in [0.5, 0.6) is 0 Å². The average Bonchev–Trinajstić information content (AvgIpc) is 3.02. The first-order valence-corrected chi connectivity index (χ1v) is 10.7. The quantitative estimate of drug-likeness (QED) is 0.578. The van der Waals surface area contributed by atoms with Gasteiger partial charge in [0.1, 0.15) is 0 Å². The van der Waals surface area contributed by atoms with Crippen LogP contribution in [-0.2, 0) is 10.0 Å². The summed E-state index contributed by atoms with van der Waals surface area (Å²) in [7, 11) is -3.69. The third kappa shape index (κ3) is 4.75. The number of carbonyl (C=O) groups is 1. The smallest absolute Gasteiger partial charge is 0.319 e. The van der Waals surface area contributed by atoms with E-state index < -0.39 is 10.0 Å². The van der Waals surface area contributed by atoms with Crippen molar-refractivity contribution >= 4 is 48.4 Å². The van der Waals surface area contributed by atoms with Crippen LogP contribution >= 0.6 is 11.3 Å². The highest BCUT2D eigenvalue weighted by Gasteiger charge is 2.16. The lowest BCUT2D eigenvalue weighted by Crippen LogP contribution is -2.35. The predicted octanol–water partition coefficient (Wildman–Crippen LogP) is 4.02. The number of anilines is 2. The van der Waals surface area contributed by atoms with Gasteiger partial charge in [-0.05, 0) is 43.7 Å². The van der Waals surface area contributed by atoms with Crippen LogP contribution in [0, 0.1) is 0 Å². The molecule has 1 atom stereocenters. The molecule has 0 saturated heterocycles. The molecule has 7 nitrogen and oxygen atoms in total. The number of nitrogens with one attached hydrogen (secondary N) is 3. The van der Waals surface area contributed by atoms with E-state index in [1.807, 2.05) is 13.8 Å². The second-order valence-electron chi connectivity index (χ2n) is 6.03. The van der Waals surface area contributed by atoms with Gasteiger partial charge >= 0.3 is 6.03 Å². The summed E-state index contributed by atoms with van der Waals surface area (Å²) in [5.74, 6) is 0. The van der Waals surface area contributed by atoms with Gasteiger partial charge in [-0.15, -0.1) is 0 Å². The summed E-state index contributed by atoms with van der Waals surface area (Å²) < 4.78 is 28.1. The number of benzene rings is 2. The Labute approximate surface area is 161 Å². The van der Waals surface area contributed by atoms with Gasteiger partial charge in [0.15, 0.2) is 5.13 Å². The molecule has 3 aromatic rings. The minimum absolute atomic E-state index is 0.0759. The molecule has 0 fully saturated rings. The first kappa shape index (κ1) is 19.1. The Kier molecular flexibility index (Phi) is 5.62. The van der Waals surface area contributed by atoms with Crippen molar-refractivity contribution in [2.75, 3.05) is 10.0 Å². The number of nitrogens with zero attached hydrogens (tertiary/aromatic N) is 1. The van der Waals surface area contributed by atoms with E-state index in [-0.39, 0.29) is 22.1 Å². The normalized spacial score (nSPS) is 12.5. The number of thiazole rings is 1. The summed E-state index contributed by atoms with van der Waals surface area (Å²) in [6.07, 6.45) is 0.837. The number of sulfonamides is 1. The third-order valence-corrected chi connectivity index (χ3v) is 6.35. The summed E-state index contributed by atoms with van der Waals surface area (Å²) in [6.45, 7) is 3.92. The fourth-order valence-electron chi connectivity index (χ4n) is 2.32. The van der Waals surface area contributed by atoms with Gasteiger partial charge in [0.25, 0.3) is 10.0 Å². The van der Waals surface area contributed by atoms with Crippen LogP contribution in [0.3, 0.4) is 0 Å². The molecule has 0 radical (unpaired) electrons. The number of aromatic nitrogens is 1. The van der Waals surface area contributed by atoms with Crippen LogP contribution in [-0.4, -0.2) is 25.5 Å². The third-order valence-electron chi connectivity index (χ3n) is 3.91. The van der Waals surface area contributed by atoms with Gasteiger partial charge in [-0.25, -0.2) is 18.2 Å². The molecule has 0 unspecified atom stereocenters. The Morgan fingerprint density at radius 2 is 1.93 bits per heavy atom. The highest BCUT2D eigenvalue weighted by atomic mass is 32.2. The molecule has 0 aliphatic rings. The van der Waals surface area contributed by atoms with Crippen molar-refractivity contribution in [1.82, 2.24) is 10.3 Å². The van der Waals surface area contributed by atoms with Crippen LogP contribution in [0.4, 0.5) is 15.6 Å². The van der Waals surface area contributed by atoms with Crippen LogP contribution in [0.1, 0.15) is 20.3 Å². The molecule has 3 rings (SSSR count). The fraction of sp³-hybridized carbons (Fsp3) is 0.222. The average molecular weight is 405 g/mol. The highest BCUT2D eigenvalue weighted by molar-refractivity contribution is 7.93. The van der Waals surface area contributed by atoms with E-state index in [1.54, 1.807) is 36.4 Å². The zero-order chi connectivity index (χ0) is 19.4. The second-order valence-corrected chi connectivity index (χ2v) is 8.74.